The molecular weight excluding hydrogens is 324 g/mol. The lowest BCUT2D eigenvalue weighted by molar-refractivity contribution is 0.255. The van der Waals surface area contributed by atoms with Crippen LogP contribution in [-0.4, -0.2) is 26.7 Å². The van der Waals surface area contributed by atoms with Crippen molar-refractivity contribution in [3.63, 3.8) is 0 Å². The fourth-order valence-corrected chi connectivity index (χ4v) is 3.87. The Bertz CT molecular complexity index is 817. The van der Waals surface area contributed by atoms with E-state index in [9.17, 15) is 0 Å². The average Bonchev–Trinajstić information content (AvgIpc) is 3.33. The van der Waals surface area contributed by atoms with Crippen LogP contribution in [0.4, 0.5) is 0 Å². The first-order valence-corrected chi connectivity index (χ1v) is 9.50. The molecule has 4 rings (SSSR count). The van der Waals surface area contributed by atoms with Crippen molar-refractivity contribution in [1.29, 1.82) is 0 Å². The molecule has 5 heteroatoms. The maximum atomic E-state index is 5.54. The first kappa shape index (κ1) is 17.0. The van der Waals surface area contributed by atoms with Gasteiger partial charge < -0.3 is 9.09 Å². The van der Waals surface area contributed by atoms with Crippen LogP contribution in [-0.2, 0) is 13.1 Å². The molecule has 2 aromatic heterocycles. The molecule has 0 spiro atoms. The van der Waals surface area contributed by atoms with Crippen LogP contribution in [0.2, 0.25) is 0 Å². The van der Waals surface area contributed by atoms with Crippen LogP contribution in [0.15, 0.2) is 53.4 Å². The van der Waals surface area contributed by atoms with E-state index in [1.165, 1.54) is 37.8 Å². The van der Waals surface area contributed by atoms with Crippen molar-refractivity contribution >= 4 is 0 Å². The van der Waals surface area contributed by atoms with Gasteiger partial charge in [-0.05, 0) is 19.9 Å². The van der Waals surface area contributed by atoms with Crippen molar-refractivity contribution in [2.24, 2.45) is 0 Å². The molecular formula is C21H26N4O. The van der Waals surface area contributed by atoms with E-state index in [2.05, 4.69) is 26.7 Å². The fraction of sp³-hybridized carbons (Fsp3) is 0.429. The summed E-state index contributed by atoms with van der Waals surface area (Å²) in [5.74, 6) is 0.884. The number of imidazole rings is 1. The van der Waals surface area contributed by atoms with Crippen LogP contribution in [0.5, 0.6) is 0 Å². The van der Waals surface area contributed by atoms with Gasteiger partial charge in [0.1, 0.15) is 5.69 Å². The van der Waals surface area contributed by atoms with E-state index in [-0.39, 0.29) is 0 Å². The summed E-state index contributed by atoms with van der Waals surface area (Å²) in [6, 6.07) is 12.8. The van der Waals surface area contributed by atoms with Gasteiger partial charge in [-0.25, -0.2) is 4.98 Å². The van der Waals surface area contributed by atoms with Crippen LogP contribution in [0, 0.1) is 0 Å². The van der Waals surface area contributed by atoms with Crippen LogP contribution in [0.3, 0.4) is 0 Å². The predicted octanol–water partition coefficient (Wildman–Crippen LogP) is 4.68. The van der Waals surface area contributed by atoms with Gasteiger partial charge in [0.2, 0.25) is 0 Å². The van der Waals surface area contributed by atoms with Crippen molar-refractivity contribution in [1.82, 2.24) is 19.6 Å². The molecule has 2 heterocycles. The molecule has 1 aromatic carbocycles. The molecule has 1 saturated carbocycles. The largest absolute Gasteiger partial charge is 0.359 e. The molecule has 1 aliphatic rings. The summed E-state index contributed by atoms with van der Waals surface area (Å²) in [7, 11) is 2.11. The fourth-order valence-electron chi connectivity index (χ4n) is 3.87. The summed E-state index contributed by atoms with van der Waals surface area (Å²) < 4.78 is 7.92. The number of hydrogen-bond acceptors (Lipinski definition) is 4. The van der Waals surface area contributed by atoms with Gasteiger partial charge in [0.05, 0.1) is 18.6 Å². The zero-order valence-corrected chi connectivity index (χ0v) is 15.3. The van der Waals surface area contributed by atoms with Crippen LogP contribution >= 0.6 is 0 Å². The number of rotatable bonds is 6. The second kappa shape index (κ2) is 7.87. The molecule has 5 nitrogen and oxygen atoms in total. The molecule has 1 aliphatic carbocycles. The Morgan fingerprint density at radius 2 is 1.92 bits per heavy atom. The van der Waals surface area contributed by atoms with Gasteiger partial charge >= 0.3 is 0 Å². The summed E-state index contributed by atoms with van der Waals surface area (Å²) in [6.07, 6.45) is 10.6. The van der Waals surface area contributed by atoms with E-state index in [1.54, 1.807) is 0 Å². The summed E-state index contributed by atoms with van der Waals surface area (Å²) in [6.45, 7) is 1.59. The first-order valence-electron chi connectivity index (χ1n) is 9.50. The van der Waals surface area contributed by atoms with E-state index in [0.29, 0.717) is 6.04 Å². The standard InChI is InChI=1S/C21H26N4O/c1-24(14-19-13-22-16-25(19)18-10-6-3-7-11-18)15-20-12-21(23-26-20)17-8-4-2-5-9-17/h2,4-5,8-9,12-13,16,18H,3,6-7,10-11,14-15H2,1H3. The van der Waals surface area contributed by atoms with Crippen molar-refractivity contribution in [3.8, 4) is 11.3 Å². The van der Waals surface area contributed by atoms with Crippen LogP contribution in [0.25, 0.3) is 11.3 Å². The molecule has 0 N–H and O–H groups in total. The molecule has 0 saturated heterocycles. The van der Waals surface area contributed by atoms with E-state index in [4.69, 9.17) is 4.52 Å². The number of benzene rings is 1. The molecule has 0 aliphatic heterocycles. The number of nitrogens with zero attached hydrogens (tertiary/aromatic N) is 4. The van der Waals surface area contributed by atoms with Gasteiger partial charge in [0.15, 0.2) is 5.76 Å². The highest BCUT2D eigenvalue weighted by Gasteiger charge is 2.18. The average molecular weight is 350 g/mol. The Morgan fingerprint density at radius 3 is 2.73 bits per heavy atom. The molecule has 0 unspecified atom stereocenters. The zero-order chi connectivity index (χ0) is 17.8. The highest BCUT2D eigenvalue weighted by Crippen LogP contribution is 2.29. The maximum Gasteiger partial charge on any atom is 0.151 e. The highest BCUT2D eigenvalue weighted by atomic mass is 16.5. The summed E-state index contributed by atoms with van der Waals surface area (Å²) >= 11 is 0. The summed E-state index contributed by atoms with van der Waals surface area (Å²) in [4.78, 5) is 6.66. The normalized spacial score (nSPS) is 15.6. The highest BCUT2D eigenvalue weighted by molar-refractivity contribution is 5.58. The van der Waals surface area contributed by atoms with Crippen LogP contribution < -0.4 is 0 Å². The molecule has 0 bridgehead atoms. The van der Waals surface area contributed by atoms with Gasteiger partial charge in [0, 0.05) is 30.4 Å². The molecule has 0 radical (unpaired) electrons. The minimum absolute atomic E-state index is 0.615. The number of aromatic nitrogens is 3. The zero-order valence-electron chi connectivity index (χ0n) is 15.3. The molecule has 1 fully saturated rings. The third-order valence-corrected chi connectivity index (χ3v) is 5.20. The van der Waals surface area contributed by atoms with E-state index >= 15 is 0 Å². The minimum Gasteiger partial charge on any atom is -0.359 e. The third-order valence-electron chi connectivity index (χ3n) is 5.20. The lowest BCUT2D eigenvalue weighted by Crippen LogP contribution is -2.21. The summed E-state index contributed by atoms with van der Waals surface area (Å²) in [5, 5.41) is 4.21. The van der Waals surface area contributed by atoms with E-state index in [1.807, 2.05) is 48.9 Å². The Morgan fingerprint density at radius 1 is 1.12 bits per heavy atom. The first-order chi connectivity index (χ1) is 12.8. The quantitative estimate of drug-likeness (QED) is 0.648. The second-order valence-electron chi connectivity index (χ2n) is 7.30. The molecule has 3 aromatic rings. The third kappa shape index (κ3) is 3.88. The van der Waals surface area contributed by atoms with Gasteiger partial charge in [0.25, 0.3) is 0 Å². The SMILES string of the molecule is CN(Cc1cc(-c2ccccc2)no1)Cc1cncn1C1CCCCC1. The Labute approximate surface area is 154 Å². The monoisotopic (exact) mass is 350 g/mol. The Balaban J connectivity index is 1.40. The van der Waals surface area contributed by atoms with Gasteiger partial charge in [-0.15, -0.1) is 0 Å². The molecule has 0 atom stereocenters. The molecule has 136 valence electrons. The van der Waals surface area contributed by atoms with Crippen molar-refractivity contribution in [2.75, 3.05) is 7.05 Å². The van der Waals surface area contributed by atoms with Crippen LogP contribution in [0.1, 0.15) is 49.6 Å². The van der Waals surface area contributed by atoms with Crippen molar-refractivity contribution in [2.45, 2.75) is 51.2 Å². The topological polar surface area (TPSA) is 47.1 Å². The predicted molar refractivity (Wildman–Crippen MR) is 101 cm³/mol. The van der Waals surface area contributed by atoms with Gasteiger partial charge in [-0.3, -0.25) is 4.90 Å². The maximum absolute atomic E-state index is 5.54. The second-order valence-corrected chi connectivity index (χ2v) is 7.30. The van der Waals surface area contributed by atoms with E-state index < -0.39 is 0 Å². The van der Waals surface area contributed by atoms with Gasteiger partial charge in [-0.1, -0.05) is 54.8 Å². The lowest BCUT2D eigenvalue weighted by Gasteiger charge is -2.26. The lowest BCUT2D eigenvalue weighted by atomic mass is 9.95. The van der Waals surface area contributed by atoms with Crippen molar-refractivity contribution < 1.29 is 4.52 Å². The Hall–Kier alpha value is -2.40. The van der Waals surface area contributed by atoms with Gasteiger partial charge in [-0.2, -0.15) is 0 Å². The smallest absolute Gasteiger partial charge is 0.151 e. The molecule has 0 amide bonds. The minimum atomic E-state index is 0.615. The summed E-state index contributed by atoms with van der Waals surface area (Å²) in [5.41, 5.74) is 3.25. The van der Waals surface area contributed by atoms with E-state index in [0.717, 1.165) is 30.1 Å². The number of hydrogen-bond donors (Lipinski definition) is 0. The Kier molecular flexibility index (Phi) is 5.16. The van der Waals surface area contributed by atoms with Crippen molar-refractivity contribution in [3.05, 3.63) is 60.4 Å². The molecule has 26 heavy (non-hydrogen) atoms.